The molecule has 1 aliphatic carbocycles. The van der Waals surface area contributed by atoms with E-state index in [1.165, 1.54) is 50.7 Å². The molecule has 0 spiro atoms. The van der Waals surface area contributed by atoms with Crippen molar-refractivity contribution >= 4 is 23.0 Å². The SMILES string of the molecule is O=[N+]([O-])c1ccc(Cl)c(NCC2CCCCCC2)c1. The van der Waals surface area contributed by atoms with Gasteiger partial charge in [-0.05, 0) is 24.8 Å². The van der Waals surface area contributed by atoms with Crippen molar-refractivity contribution in [1.82, 2.24) is 0 Å². The molecule has 0 heterocycles. The van der Waals surface area contributed by atoms with E-state index < -0.39 is 4.92 Å². The number of nitro benzene ring substituents is 1. The Morgan fingerprint density at radius 2 is 1.95 bits per heavy atom. The predicted octanol–water partition coefficient (Wildman–Crippen LogP) is 4.63. The Hall–Kier alpha value is -1.29. The van der Waals surface area contributed by atoms with Crippen molar-refractivity contribution in [2.75, 3.05) is 11.9 Å². The lowest BCUT2D eigenvalue weighted by Crippen LogP contribution is -2.14. The van der Waals surface area contributed by atoms with Crippen molar-refractivity contribution in [3.05, 3.63) is 33.3 Å². The number of nitro groups is 1. The van der Waals surface area contributed by atoms with Gasteiger partial charge < -0.3 is 5.32 Å². The zero-order valence-electron chi connectivity index (χ0n) is 10.9. The van der Waals surface area contributed by atoms with Crippen molar-refractivity contribution < 1.29 is 4.92 Å². The number of nitrogens with zero attached hydrogens (tertiary/aromatic N) is 1. The zero-order valence-corrected chi connectivity index (χ0v) is 11.7. The summed E-state index contributed by atoms with van der Waals surface area (Å²) in [6.45, 7) is 0.848. The molecule has 0 bridgehead atoms. The minimum Gasteiger partial charge on any atom is -0.383 e. The summed E-state index contributed by atoms with van der Waals surface area (Å²) in [5.74, 6) is 0.651. The summed E-state index contributed by atoms with van der Waals surface area (Å²) in [6.07, 6.45) is 7.70. The lowest BCUT2D eigenvalue weighted by Gasteiger charge is -2.16. The molecule has 1 aromatic rings. The van der Waals surface area contributed by atoms with Gasteiger partial charge in [0.15, 0.2) is 0 Å². The summed E-state index contributed by atoms with van der Waals surface area (Å²) in [4.78, 5) is 10.4. The van der Waals surface area contributed by atoms with Gasteiger partial charge in [-0.25, -0.2) is 0 Å². The Morgan fingerprint density at radius 1 is 1.26 bits per heavy atom. The van der Waals surface area contributed by atoms with E-state index in [9.17, 15) is 10.1 Å². The Morgan fingerprint density at radius 3 is 2.58 bits per heavy atom. The normalized spacial score (nSPS) is 16.9. The van der Waals surface area contributed by atoms with Crippen molar-refractivity contribution in [3.8, 4) is 0 Å². The first kappa shape index (κ1) is 14.1. The van der Waals surface area contributed by atoms with E-state index in [4.69, 9.17) is 11.6 Å². The Kier molecular flexibility index (Phi) is 5.02. The number of hydrogen-bond donors (Lipinski definition) is 1. The summed E-state index contributed by atoms with van der Waals surface area (Å²) in [5, 5.41) is 14.6. The van der Waals surface area contributed by atoms with E-state index in [2.05, 4.69) is 5.32 Å². The monoisotopic (exact) mass is 282 g/mol. The van der Waals surface area contributed by atoms with Crippen molar-refractivity contribution in [2.24, 2.45) is 5.92 Å². The van der Waals surface area contributed by atoms with Crippen molar-refractivity contribution in [3.63, 3.8) is 0 Å². The van der Waals surface area contributed by atoms with E-state index in [1.807, 2.05) is 0 Å². The molecule has 1 aliphatic rings. The maximum Gasteiger partial charge on any atom is 0.271 e. The summed E-state index contributed by atoms with van der Waals surface area (Å²) < 4.78 is 0. The molecule has 0 saturated heterocycles. The number of rotatable bonds is 4. The highest BCUT2D eigenvalue weighted by Gasteiger charge is 2.14. The number of benzene rings is 1. The average Bonchev–Trinajstić information content (AvgIpc) is 2.66. The van der Waals surface area contributed by atoms with Crippen LogP contribution in [0.2, 0.25) is 5.02 Å². The van der Waals surface area contributed by atoms with Gasteiger partial charge in [0, 0.05) is 18.7 Å². The van der Waals surface area contributed by atoms with Crippen LogP contribution in [0.25, 0.3) is 0 Å². The van der Waals surface area contributed by atoms with Gasteiger partial charge in [-0.15, -0.1) is 0 Å². The molecule has 0 amide bonds. The molecule has 1 aromatic carbocycles. The largest absolute Gasteiger partial charge is 0.383 e. The smallest absolute Gasteiger partial charge is 0.271 e. The van der Waals surface area contributed by atoms with Crippen LogP contribution in [0.4, 0.5) is 11.4 Å². The van der Waals surface area contributed by atoms with Gasteiger partial charge in [0.1, 0.15) is 0 Å². The van der Waals surface area contributed by atoms with Crippen LogP contribution in [-0.4, -0.2) is 11.5 Å². The molecular formula is C14H19ClN2O2. The van der Waals surface area contributed by atoms with Gasteiger partial charge >= 0.3 is 0 Å². The third-order valence-electron chi connectivity index (χ3n) is 3.72. The topological polar surface area (TPSA) is 55.2 Å². The van der Waals surface area contributed by atoms with Crippen LogP contribution >= 0.6 is 11.6 Å². The number of halogens is 1. The van der Waals surface area contributed by atoms with Crippen LogP contribution in [0.15, 0.2) is 18.2 Å². The van der Waals surface area contributed by atoms with Gasteiger partial charge in [-0.3, -0.25) is 10.1 Å². The van der Waals surface area contributed by atoms with Crippen LogP contribution in [0.1, 0.15) is 38.5 Å². The van der Waals surface area contributed by atoms with E-state index in [-0.39, 0.29) is 5.69 Å². The molecule has 104 valence electrons. The number of hydrogen-bond acceptors (Lipinski definition) is 3. The van der Waals surface area contributed by atoms with Crippen LogP contribution < -0.4 is 5.32 Å². The minimum absolute atomic E-state index is 0.0766. The minimum atomic E-state index is -0.396. The maximum atomic E-state index is 10.8. The molecule has 1 N–H and O–H groups in total. The zero-order chi connectivity index (χ0) is 13.7. The van der Waals surface area contributed by atoms with Gasteiger partial charge in [-0.2, -0.15) is 0 Å². The molecule has 0 aliphatic heterocycles. The van der Waals surface area contributed by atoms with E-state index in [0.717, 1.165) is 6.54 Å². The summed E-state index contributed by atoms with van der Waals surface area (Å²) in [5.41, 5.74) is 0.743. The average molecular weight is 283 g/mol. The van der Waals surface area contributed by atoms with E-state index in [0.29, 0.717) is 16.6 Å². The molecule has 0 aromatic heterocycles. The number of nitrogens with one attached hydrogen (secondary N) is 1. The molecule has 2 rings (SSSR count). The molecule has 0 atom stereocenters. The lowest BCUT2D eigenvalue weighted by atomic mass is 10.0. The lowest BCUT2D eigenvalue weighted by molar-refractivity contribution is -0.384. The third kappa shape index (κ3) is 4.10. The van der Waals surface area contributed by atoms with Crippen LogP contribution in [0.3, 0.4) is 0 Å². The maximum absolute atomic E-state index is 10.8. The second-order valence-electron chi connectivity index (χ2n) is 5.16. The number of non-ortho nitro benzene ring substituents is 1. The van der Waals surface area contributed by atoms with Crippen LogP contribution in [-0.2, 0) is 0 Å². The quantitative estimate of drug-likeness (QED) is 0.497. The first-order valence-corrected chi connectivity index (χ1v) is 7.22. The fourth-order valence-electron chi connectivity index (χ4n) is 2.58. The van der Waals surface area contributed by atoms with Gasteiger partial charge in [0.25, 0.3) is 5.69 Å². The first-order valence-electron chi connectivity index (χ1n) is 6.84. The Labute approximate surface area is 118 Å². The molecule has 5 heteroatoms. The molecular weight excluding hydrogens is 264 g/mol. The molecule has 4 nitrogen and oxygen atoms in total. The molecule has 0 unspecified atom stereocenters. The molecule has 19 heavy (non-hydrogen) atoms. The Balaban J connectivity index is 1.97. The van der Waals surface area contributed by atoms with Gasteiger partial charge in [-0.1, -0.05) is 37.3 Å². The highest BCUT2D eigenvalue weighted by atomic mass is 35.5. The second kappa shape index (κ2) is 6.75. The van der Waals surface area contributed by atoms with Crippen LogP contribution in [0.5, 0.6) is 0 Å². The van der Waals surface area contributed by atoms with Gasteiger partial charge in [0.05, 0.1) is 15.6 Å². The molecule has 1 fully saturated rings. The standard InChI is InChI=1S/C14H19ClN2O2/c15-13-8-7-12(17(18)19)9-14(13)16-10-11-5-3-1-2-4-6-11/h7-9,11,16H,1-6,10H2. The summed E-state index contributed by atoms with van der Waals surface area (Å²) in [7, 11) is 0. The van der Waals surface area contributed by atoms with E-state index in [1.54, 1.807) is 6.07 Å². The van der Waals surface area contributed by atoms with Crippen molar-refractivity contribution in [1.29, 1.82) is 0 Å². The highest BCUT2D eigenvalue weighted by molar-refractivity contribution is 6.33. The second-order valence-corrected chi connectivity index (χ2v) is 5.57. The Bertz CT molecular complexity index is 443. The fraction of sp³-hybridized carbons (Fsp3) is 0.571. The predicted molar refractivity (Wildman–Crippen MR) is 77.8 cm³/mol. The summed E-state index contributed by atoms with van der Waals surface area (Å²) in [6, 6.07) is 4.52. The fourth-order valence-corrected chi connectivity index (χ4v) is 2.77. The molecule has 0 radical (unpaired) electrons. The van der Waals surface area contributed by atoms with Gasteiger partial charge in [0.2, 0.25) is 0 Å². The van der Waals surface area contributed by atoms with Crippen molar-refractivity contribution in [2.45, 2.75) is 38.5 Å². The highest BCUT2D eigenvalue weighted by Crippen LogP contribution is 2.28. The first-order chi connectivity index (χ1) is 9.16. The van der Waals surface area contributed by atoms with Crippen LogP contribution in [0, 0.1) is 16.0 Å². The summed E-state index contributed by atoms with van der Waals surface area (Å²) >= 11 is 6.07. The number of anilines is 1. The van der Waals surface area contributed by atoms with E-state index >= 15 is 0 Å². The molecule has 1 saturated carbocycles. The third-order valence-corrected chi connectivity index (χ3v) is 4.05.